The van der Waals surface area contributed by atoms with Crippen LogP contribution >= 0.6 is 7.82 Å². The van der Waals surface area contributed by atoms with Crippen LogP contribution in [0.25, 0.3) is 0 Å². The Bertz CT molecular complexity index is 1440. The molecule has 472 valence electrons. The van der Waals surface area contributed by atoms with Crippen molar-refractivity contribution >= 4 is 13.7 Å². The highest BCUT2D eigenvalue weighted by Gasteiger charge is 2.28. The maximum Gasteiger partial charge on any atom is 0.472 e. The zero-order valence-electron chi connectivity index (χ0n) is 54.1. The van der Waals surface area contributed by atoms with Crippen LogP contribution in [0.2, 0.25) is 0 Å². The first-order valence-corrected chi connectivity index (χ1v) is 36.5. The fraction of sp³-hybridized carbons (Fsp3) is 0.873. The monoisotopic (exact) mass is 1150 g/mol. The Morgan fingerprint density at radius 1 is 0.425 bits per heavy atom. The Labute approximate surface area is 499 Å². The van der Waals surface area contributed by atoms with E-state index in [-0.39, 0.29) is 19.1 Å². The molecule has 3 N–H and O–H groups in total. The van der Waals surface area contributed by atoms with Crippen molar-refractivity contribution in [1.29, 1.82) is 0 Å². The summed E-state index contributed by atoms with van der Waals surface area (Å²) in [7, 11) is 1.59. The van der Waals surface area contributed by atoms with E-state index in [0.29, 0.717) is 17.4 Å². The molecule has 0 heterocycles. The van der Waals surface area contributed by atoms with Gasteiger partial charge in [-0.25, -0.2) is 4.57 Å². The molecule has 0 radical (unpaired) electrons. The van der Waals surface area contributed by atoms with E-state index >= 15 is 0 Å². The highest BCUT2D eigenvalue weighted by Crippen LogP contribution is 2.43. The third-order valence-electron chi connectivity index (χ3n) is 16.0. The van der Waals surface area contributed by atoms with Crippen LogP contribution in [0.1, 0.15) is 348 Å². The predicted molar refractivity (Wildman–Crippen MR) is 351 cm³/mol. The Morgan fingerprint density at radius 2 is 0.713 bits per heavy atom. The number of nitrogens with one attached hydrogen (secondary N) is 1. The summed E-state index contributed by atoms with van der Waals surface area (Å²) in [6, 6.07) is -0.847. The molecule has 3 unspecified atom stereocenters. The minimum atomic E-state index is -4.35. The quantitative estimate of drug-likeness (QED) is 0.0243. The highest BCUT2D eigenvalue weighted by molar-refractivity contribution is 7.47. The van der Waals surface area contributed by atoms with Crippen LogP contribution in [0, 0.1) is 0 Å². The smallest absolute Gasteiger partial charge is 0.387 e. The molecule has 0 saturated carbocycles. The second kappa shape index (κ2) is 62.0. The van der Waals surface area contributed by atoms with Gasteiger partial charge < -0.3 is 19.8 Å². The molecule has 0 aliphatic heterocycles. The summed E-state index contributed by atoms with van der Waals surface area (Å²) < 4.78 is 23.8. The molecule has 3 atom stereocenters. The van der Waals surface area contributed by atoms with Gasteiger partial charge in [-0.2, -0.15) is 0 Å². The van der Waals surface area contributed by atoms with Gasteiger partial charge in [0.25, 0.3) is 0 Å². The number of likely N-dealkylation sites (N-methyl/N-ethyl adjacent to an activating group) is 1. The molecule has 8 nitrogen and oxygen atoms in total. The number of aliphatic hydroxyl groups is 1. The maximum atomic E-state index is 13.0. The fourth-order valence-electron chi connectivity index (χ4n) is 10.6. The Balaban J connectivity index is 4.02. The lowest BCUT2D eigenvalue weighted by atomic mass is 10.0. The first-order chi connectivity index (χ1) is 39.0. The highest BCUT2D eigenvalue weighted by atomic mass is 31.2. The molecule has 0 fully saturated rings. The van der Waals surface area contributed by atoms with Crippen molar-refractivity contribution in [2.45, 2.75) is 360 Å². The number of hydrogen-bond donors (Lipinski definition) is 3. The SMILES string of the molecule is CCCCCCC/C=C\C/C=C\C/C=C\CCCCCCCCCCCCCCCCCCCCCCC(=O)NC(COP(=O)(O)OCC[N+](C)(C)C)C(O)/C=C/CCCCCCCCCCCCCCCCCCCCCCC. The molecule has 9 heteroatoms. The van der Waals surface area contributed by atoms with Crippen LogP contribution in [0.5, 0.6) is 0 Å². The van der Waals surface area contributed by atoms with Crippen molar-refractivity contribution in [2.24, 2.45) is 0 Å². The normalized spacial score (nSPS) is 13.9. The molecule has 0 aromatic heterocycles. The summed E-state index contributed by atoms with van der Waals surface area (Å²) in [6.45, 7) is 4.85. The summed E-state index contributed by atoms with van der Waals surface area (Å²) in [5, 5.41) is 14.0. The van der Waals surface area contributed by atoms with Crippen molar-refractivity contribution in [3.05, 3.63) is 48.6 Å². The molecule has 0 aliphatic rings. The third kappa shape index (κ3) is 64.0. The largest absolute Gasteiger partial charge is 0.472 e. The summed E-state index contributed by atoms with van der Waals surface area (Å²) in [5.41, 5.74) is 0. The van der Waals surface area contributed by atoms with Gasteiger partial charge in [-0.1, -0.05) is 332 Å². The van der Waals surface area contributed by atoms with Gasteiger partial charge in [0.15, 0.2) is 0 Å². The van der Waals surface area contributed by atoms with E-state index in [9.17, 15) is 19.4 Å². The molecule has 80 heavy (non-hydrogen) atoms. The summed E-state index contributed by atoms with van der Waals surface area (Å²) in [6.07, 6.45) is 84.0. The minimum Gasteiger partial charge on any atom is -0.387 e. The first kappa shape index (κ1) is 78.5. The number of carbonyl (C=O) groups excluding carboxylic acids is 1. The number of phosphoric acid groups is 1. The number of allylic oxidation sites excluding steroid dienone is 7. The number of phosphoric ester groups is 1. The fourth-order valence-corrected chi connectivity index (χ4v) is 11.3. The van der Waals surface area contributed by atoms with Gasteiger partial charge in [0.05, 0.1) is 39.9 Å². The molecule has 1 amide bonds. The van der Waals surface area contributed by atoms with Gasteiger partial charge in [0, 0.05) is 6.42 Å². The van der Waals surface area contributed by atoms with Crippen LogP contribution in [-0.4, -0.2) is 73.4 Å². The van der Waals surface area contributed by atoms with E-state index in [1.165, 1.54) is 276 Å². The van der Waals surface area contributed by atoms with Crippen molar-refractivity contribution in [1.82, 2.24) is 5.32 Å². The zero-order chi connectivity index (χ0) is 58.4. The van der Waals surface area contributed by atoms with Gasteiger partial charge in [0.2, 0.25) is 5.91 Å². The lowest BCUT2D eigenvalue weighted by Gasteiger charge is -2.25. The number of hydrogen-bond acceptors (Lipinski definition) is 5. The third-order valence-corrected chi connectivity index (χ3v) is 17.0. The van der Waals surface area contributed by atoms with Crippen molar-refractivity contribution in [2.75, 3.05) is 40.9 Å². The molecular weight excluding hydrogens is 1010 g/mol. The van der Waals surface area contributed by atoms with Gasteiger partial charge in [-0.05, 0) is 57.8 Å². The molecule has 0 bridgehead atoms. The Morgan fingerprint density at radius 3 is 1.04 bits per heavy atom. The second-order valence-corrected chi connectivity index (χ2v) is 26.7. The predicted octanol–water partition coefficient (Wildman–Crippen LogP) is 22.2. The molecule has 0 aromatic carbocycles. The molecule has 0 aromatic rings. The van der Waals surface area contributed by atoms with E-state index in [0.717, 1.165) is 51.4 Å². The maximum absolute atomic E-state index is 13.0. The average Bonchev–Trinajstić information content (AvgIpc) is 3.42. The van der Waals surface area contributed by atoms with Crippen LogP contribution in [0.4, 0.5) is 0 Å². The molecular formula is C71H138N2O6P+. The Hall–Kier alpha value is -1.54. The van der Waals surface area contributed by atoms with Gasteiger partial charge >= 0.3 is 7.82 Å². The molecule has 0 aliphatic carbocycles. The van der Waals surface area contributed by atoms with Crippen LogP contribution < -0.4 is 5.32 Å². The van der Waals surface area contributed by atoms with Crippen molar-refractivity contribution in [3.8, 4) is 0 Å². The van der Waals surface area contributed by atoms with E-state index in [1.807, 2.05) is 27.2 Å². The Kier molecular flexibility index (Phi) is 60.8. The molecule has 0 rings (SSSR count). The van der Waals surface area contributed by atoms with E-state index in [4.69, 9.17) is 9.05 Å². The van der Waals surface area contributed by atoms with Crippen molar-refractivity contribution < 1.29 is 32.9 Å². The number of unbranched alkanes of at least 4 members (excludes halogenated alkanes) is 46. The number of quaternary nitrogens is 1. The number of aliphatic hydroxyl groups excluding tert-OH is 1. The van der Waals surface area contributed by atoms with Gasteiger partial charge in [-0.15, -0.1) is 0 Å². The van der Waals surface area contributed by atoms with Crippen LogP contribution in [0.15, 0.2) is 48.6 Å². The molecule has 0 spiro atoms. The second-order valence-electron chi connectivity index (χ2n) is 25.3. The topological polar surface area (TPSA) is 105 Å². The number of amides is 1. The standard InChI is InChI=1S/C71H137N2O6P/c1-6-8-10-12-14-16-18-20-22-24-26-28-30-31-32-33-34-35-36-37-38-39-40-41-43-45-47-49-51-53-55-57-59-61-63-65-71(75)72-69(68-79-80(76,77)78-67-66-73(3,4)5)70(74)64-62-60-58-56-54-52-50-48-46-44-42-29-27-25-23-21-19-17-15-13-11-9-7-2/h18,20,24,26,30-31,62,64,69-70,74H,6-17,19,21-23,25,27-29,32-61,63,65-68H2,1-5H3,(H-,72,75,76,77)/p+1/b20-18-,26-24-,31-30-,64-62+. The number of rotatable bonds is 65. The average molecular weight is 1150 g/mol. The summed E-state index contributed by atoms with van der Waals surface area (Å²) in [4.78, 5) is 23.4. The van der Waals surface area contributed by atoms with Gasteiger partial charge in [-0.3, -0.25) is 13.8 Å². The van der Waals surface area contributed by atoms with E-state index in [2.05, 4.69) is 55.6 Å². The van der Waals surface area contributed by atoms with E-state index < -0.39 is 20.0 Å². The summed E-state index contributed by atoms with van der Waals surface area (Å²) >= 11 is 0. The lowest BCUT2D eigenvalue weighted by Crippen LogP contribution is -2.45. The van der Waals surface area contributed by atoms with Crippen LogP contribution in [-0.2, 0) is 18.4 Å². The lowest BCUT2D eigenvalue weighted by molar-refractivity contribution is -0.870. The number of nitrogens with zero attached hydrogens (tertiary/aromatic N) is 1. The summed E-state index contributed by atoms with van der Waals surface area (Å²) in [5.74, 6) is -0.171. The van der Waals surface area contributed by atoms with Crippen LogP contribution in [0.3, 0.4) is 0 Å². The van der Waals surface area contributed by atoms with E-state index in [1.54, 1.807) is 6.08 Å². The first-order valence-electron chi connectivity index (χ1n) is 35.0. The molecule has 0 saturated heterocycles. The minimum absolute atomic E-state index is 0.0629. The zero-order valence-corrected chi connectivity index (χ0v) is 55.0. The van der Waals surface area contributed by atoms with Gasteiger partial charge in [0.1, 0.15) is 13.2 Å². The number of carbonyl (C=O) groups is 1. The van der Waals surface area contributed by atoms with Crippen molar-refractivity contribution in [3.63, 3.8) is 0 Å².